The average Bonchev–Trinajstić information content (AvgIpc) is 1.63. The molecule has 10 N–H and O–H groups in total. The number of aliphatic carboxylic acids is 1. The van der Waals surface area contributed by atoms with E-state index in [1.165, 1.54) is 19.2 Å². The van der Waals surface area contributed by atoms with E-state index in [4.69, 9.17) is 9.47 Å². The minimum absolute atomic E-state index is 0.0221. The fourth-order valence-corrected chi connectivity index (χ4v) is 14.7. The lowest BCUT2D eigenvalue weighted by Gasteiger charge is -2.36. The summed E-state index contributed by atoms with van der Waals surface area (Å²) in [6.07, 6.45) is 2.42. The van der Waals surface area contributed by atoms with Crippen molar-refractivity contribution in [3.05, 3.63) is 185 Å². The highest BCUT2D eigenvalue weighted by Gasteiger charge is 2.49. The van der Waals surface area contributed by atoms with E-state index >= 15 is 28.8 Å². The van der Waals surface area contributed by atoms with Crippen molar-refractivity contribution in [2.24, 2.45) is 16.7 Å². The summed E-state index contributed by atoms with van der Waals surface area (Å²) in [5.41, 5.74) is 1.40. The lowest BCUT2D eigenvalue weighted by Crippen LogP contribution is -2.61. The molecule has 12 bridgehead atoms. The van der Waals surface area contributed by atoms with Crippen molar-refractivity contribution in [3.63, 3.8) is 0 Å². The van der Waals surface area contributed by atoms with E-state index < -0.39 is 149 Å². The van der Waals surface area contributed by atoms with E-state index in [1.54, 1.807) is 130 Å². The van der Waals surface area contributed by atoms with Gasteiger partial charge in [0.25, 0.3) is 0 Å². The van der Waals surface area contributed by atoms with Crippen LogP contribution in [-0.2, 0) is 93.4 Å². The molecule has 33 heteroatoms. The molecule has 8 amide bonds. The number of fused-ring (bicyclic) bond motifs is 2. The monoisotopic (exact) mass is 1580 g/mol. The van der Waals surface area contributed by atoms with Crippen LogP contribution in [0.25, 0.3) is 21.5 Å². The molecule has 6 aliphatic heterocycles. The summed E-state index contributed by atoms with van der Waals surface area (Å²) < 4.78 is 15.6. The molecule has 0 radical (unpaired) electrons. The number of benzene rings is 6. The van der Waals surface area contributed by atoms with Crippen LogP contribution >= 0.6 is 0 Å². The van der Waals surface area contributed by atoms with Gasteiger partial charge < -0.3 is 66.9 Å². The lowest BCUT2D eigenvalue weighted by molar-refractivity contribution is -0.145. The number of likely N-dealkylation sites (tertiary alicyclic amines) is 2. The number of likely N-dealkylation sites (N-methyl/N-ethyl adjacent to an activating group) is 2. The zero-order valence-electron chi connectivity index (χ0n) is 66.5. The number of carboxylic acids is 1. The number of rotatable bonds is 16. The van der Waals surface area contributed by atoms with Gasteiger partial charge >= 0.3 is 5.97 Å². The number of hydrogen-bond donors (Lipinski definition) is 10. The van der Waals surface area contributed by atoms with Crippen LogP contribution in [0.3, 0.4) is 0 Å². The van der Waals surface area contributed by atoms with Crippen LogP contribution in [-0.4, -0.2) is 206 Å². The molecule has 9 heterocycles. The predicted octanol–water partition coefficient (Wildman–Crippen LogP) is 4.12. The van der Waals surface area contributed by atoms with Crippen molar-refractivity contribution < 1.29 is 62.5 Å². The summed E-state index contributed by atoms with van der Waals surface area (Å²) in [7, 11) is 3.24. The zero-order valence-corrected chi connectivity index (χ0v) is 66.5. The van der Waals surface area contributed by atoms with E-state index in [0.717, 1.165) is 21.5 Å². The van der Waals surface area contributed by atoms with Gasteiger partial charge in [0.2, 0.25) is 47.3 Å². The Balaban J connectivity index is 0.886. The summed E-state index contributed by atoms with van der Waals surface area (Å²) >= 11 is 0. The largest absolute Gasteiger partial charge is 0.487 e. The third-order valence-corrected chi connectivity index (χ3v) is 21.7. The van der Waals surface area contributed by atoms with Gasteiger partial charge in [-0.25, -0.2) is 14.5 Å². The number of carboxylic acid groups (broad SMARTS) is 1. The van der Waals surface area contributed by atoms with Gasteiger partial charge in [-0.15, -0.1) is 15.3 Å². The quantitative estimate of drug-likeness (QED) is 0.0650. The van der Waals surface area contributed by atoms with Crippen LogP contribution < -0.4 is 52.0 Å². The van der Waals surface area contributed by atoms with Gasteiger partial charge in [0.05, 0.1) is 55.1 Å². The standard InChI is InChI=1S/C83H100N20O13/c1-47(84-9)73(105)90-71(82(3,4)5)79(111)100-43-60-38-67(100)77(109)87-64(35-51-19-25-53-15-11-13-17-55(53)32-51)69(104)37-57(81(113)114)31-49-21-27-62(28-22-49)115-45-58-42-103(99-92-58)61-39-68(101(44-61)80(112)72(83(6,7)8)91-74(106)48(2)85-10)78(110)89-66(36-52-20-26-54-16-12-14-18-56(54)33-52)76(108)88-65(75(107)86-40-70-94-96-97-95-70)34-50-23-29-63(30-24-50)116-46-59-41-102(60)98-93-59/h11-30,32-33,41-42,47-48,57,60-61,64-68,71-72,84-85H,31,34-40,43-46H2,1-10H3,(H,86,107)(H,87,109)(H,88,108)(H,89,110)(H,90,105)(H,91,106)(H,113,114)(H,94,95,96,97)/t47-,48-,57+,60-,61-,64-,65-,66-,67-,68-,71+,72+/m0/s1. The molecular weight excluding hydrogens is 1490 g/mol. The van der Waals surface area contributed by atoms with Crippen molar-refractivity contribution in [2.45, 2.75) is 187 Å². The maximum Gasteiger partial charge on any atom is 0.307 e. The summed E-state index contributed by atoms with van der Waals surface area (Å²) in [4.78, 5) is 150. The van der Waals surface area contributed by atoms with Gasteiger partial charge in [0.15, 0.2) is 11.6 Å². The Kier molecular flexibility index (Phi) is 26.1. The predicted molar refractivity (Wildman–Crippen MR) is 425 cm³/mol. The second-order valence-corrected chi connectivity index (χ2v) is 32.3. The maximum atomic E-state index is 15.5. The SMILES string of the molecule is CN[C@@H](C)C(=O)N[C@H](C(=O)N1C[C@@H]2C[C@H]1C(=O)N[C@@H](Cc1ccc3ccccc3c1)C(=O)C[C@H](C(=O)O)Cc1ccc(cc1)OCc1cn(nn1)[C@H]1C[C@@H](C(=O)N[C@@H](Cc3ccc4ccccc4c3)C(=O)N[C@H](C(=O)NCc3nnn[nH]3)Cc3ccc(cc3)OCc3cn2nn3)N(C(=O)[C@@H](NC(=O)[C@H](C)NC)C(C)(C)C)C1)C(C)(C)C. The van der Waals surface area contributed by atoms with Crippen LogP contribution in [0.2, 0.25) is 0 Å². The number of nitrogens with one attached hydrogen (secondary N) is 9. The highest BCUT2D eigenvalue weighted by Crippen LogP contribution is 2.35. The molecular formula is C83H100N20O13. The van der Waals surface area contributed by atoms with E-state index in [2.05, 4.69) is 83.8 Å². The van der Waals surface area contributed by atoms with Gasteiger partial charge in [-0.1, -0.05) is 161 Å². The van der Waals surface area contributed by atoms with Gasteiger partial charge in [-0.3, -0.25) is 47.9 Å². The number of ether oxygens (including phenoxy) is 2. The first kappa shape index (κ1) is 83.0. The van der Waals surface area contributed by atoms with Gasteiger partial charge in [-0.2, -0.15) is 0 Å². The van der Waals surface area contributed by atoms with E-state index in [9.17, 15) is 24.3 Å². The second kappa shape index (κ2) is 36.4. The molecule has 0 spiro atoms. The highest BCUT2D eigenvalue weighted by atomic mass is 16.5. The fourth-order valence-electron chi connectivity index (χ4n) is 14.7. The number of H-pyrrole nitrogens is 1. The van der Waals surface area contributed by atoms with Crippen molar-refractivity contribution in [3.8, 4) is 11.5 Å². The Morgan fingerprint density at radius 1 is 0.552 bits per heavy atom. The number of ketones is 1. The number of amides is 8. The molecule has 2 fully saturated rings. The average molecular weight is 1590 g/mol. The van der Waals surface area contributed by atoms with E-state index in [1.807, 2.05) is 84.9 Å². The number of nitrogens with zero attached hydrogens (tertiary/aromatic N) is 11. The van der Waals surface area contributed by atoms with Gasteiger partial charge in [0, 0.05) is 45.2 Å². The first-order valence-corrected chi connectivity index (χ1v) is 38.9. The molecule has 9 aromatic rings. The second-order valence-electron chi connectivity index (χ2n) is 32.3. The Labute approximate surface area is 670 Å². The number of carbonyl (C=O) groups is 10. The maximum absolute atomic E-state index is 15.5. The Bertz CT molecular complexity index is 5040. The van der Waals surface area contributed by atoms with Gasteiger partial charge in [-0.05, 0) is 130 Å². The number of carbonyl (C=O) groups excluding carboxylic acids is 9. The molecule has 610 valence electrons. The first-order valence-electron chi connectivity index (χ1n) is 38.9. The Hall–Kier alpha value is -12.4. The van der Waals surface area contributed by atoms with E-state index in [-0.39, 0.29) is 77.2 Å². The molecule has 15 rings (SSSR count). The third-order valence-electron chi connectivity index (χ3n) is 21.7. The lowest BCUT2D eigenvalue weighted by atomic mass is 9.85. The van der Waals surface area contributed by atoms with Crippen molar-refractivity contribution in [1.82, 2.24) is 103 Å². The molecule has 2 saturated heterocycles. The fraction of sp³-hybridized carbons (Fsp3) is 0.434. The summed E-state index contributed by atoms with van der Waals surface area (Å²) in [5, 5.41) is 69.5. The van der Waals surface area contributed by atoms with Gasteiger partial charge in [0.1, 0.15) is 72.4 Å². The molecule has 0 aliphatic carbocycles. The molecule has 33 nitrogen and oxygen atoms in total. The Morgan fingerprint density at radius 3 is 1.46 bits per heavy atom. The smallest absolute Gasteiger partial charge is 0.307 e. The normalized spacial score (nSPS) is 21.2. The molecule has 6 aromatic carbocycles. The number of Topliss-reactive ketones (excluding diaryl/α,β-unsaturated/α-hetero) is 1. The topological polar surface area (TPSA) is 428 Å². The zero-order chi connectivity index (χ0) is 82.7. The third kappa shape index (κ3) is 20.6. The van der Waals surface area contributed by atoms with Crippen LogP contribution in [0.1, 0.15) is 126 Å². The molecule has 12 atom stereocenters. The van der Waals surface area contributed by atoms with Crippen molar-refractivity contribution in [1.29, 1.82) is 0 Å². The minimum atomic E-state index is -1.38. The molecule has 6 aliphatic rings. The van der Waals surface area contributed by atoms with Crippen LogP contribution in [0.15, 0.2) is 146 Å². The minimum Gasteiger partial charge on any atom is -0.487 e. The van der Waals surface area contributed by atoms with Crippen molar-refractivity contribution in [2.75, 3.05) is 27.2 Å². The molecule has 0 saturated carbocycles. The molecule has 3 aromatic heterocycles. The molecule has 0 unspecified atom stereocenters. The number of hydrogen-bond acceptors (Lipinski definition) is 21. The number of tetrazole rings is 1. The summed E-state index contributed by atoms with van der Waals surface area (Å²) in [6, 6.07) is 28.5. The first-order chi connectivity index (χ1) is 55.4. The number of aromatic amines is 1. The summed E-state index contributed by atoms with van der Waals surface area (Å²) in [5.74, 6) is -6.94. The van der Waals surface area contributed by atoms with Crippen LogP contribution in [0.5, 0.6) is 11.5 Å². The Morgan fingerprint density at radius 2 is 1.01 bits per heavy atom. The van der Waals surface area contributed by atoms with Crippen LogP contribution in [0, 0.1) is 16.7 Å². The van der Waals surface area contributed by atoms with E-state index in [0.29, 0.717) is 45.1 Å². The number of aromatic nitrogens is 10. The summed E-state index contributed by atoms with van der Waals surface area (Å²) in [6.45, 7) is 13.5. The highest BCUT2D eigenvalue weighted by molar-refractivity contribution is 5.99. The van der Waals surface area contributed by atoms with Crippen molar-refractivity contribution >= 4 is 80.6 Å². The van der Waals surface area contributed by atoms with Crippen LogP contribution in [0.4, 0.5) is 0 Å². The molecule has 116 heavy (non-hydrogen) atoms.